The van der Waals surface area contributed by atoms with E-state index < -0.39 is 28.5 Å². The van der Waals surface area contributed by atoms with Crippen molar-refractivity contribution in [3.63, 3.8) is 0 Å². The Balaban J connectivity index is 1.86. The number of aryl methyl sites for hydroxylation is 1. The standard InChI is InChI=1S/C36H40ClN3O6S/c1-5-20-38-36(42)33(22-27-10-7-6-8-11-27)39(24-28-12-9-13-29(37)21-28)35(41)25-40(32-23-30(45-3)16-19-34(32)46-4)47(43,44)31-17-14-26(2)15-18-31/h6-19,21,23,33H,5,20,22,24-25H2,1-4H3,(H,38,42)/t33-/m1/s1. The zero-order valence-corrected chi connectivity index (χ0v) is 28.6. The monoisotopic (exact) mass is 677 g/mol. The molecule has 4 rings (SSSR count). The van der Waals surface area contributed by atoms with Crippen molar-refractivity contribution in [2.45, 2.75) is 44.2 Å². The van der Waals surface area contributed by atoms with Gasteiger partial charge in [-0.3, -0.25) is 13.9 Å². The number of ether oxygens (including phenoxy) is 2. The Kier molecular flexibility index (Phi) is 12.3. The highest BCUT2D eigenvalue weighted by Gasteiger charge is 2.35. The number of carbonyl (C=O) groups is 2. The Morgan fingerprint density at radius 2 is 1.57 bits per heavy atom. The van der Waals surface area contributed by atoms with E-state index in [1.54, 1.807) is 42.5 Å². The predicted octanol–water partition coefficient (Wildman–Crippen LogP) is 6.03. The number of nitrogens with one attached hydrogen (secondary N) is 1. The quantitative estimate of drug-likeness (QED) is 0.165. The van der Waals surface area contributed by atoms with E-state index in [0.717, 1.165) is 15.4 Å². The molecule has 47 heavy (non-hydrogen) atoms. The van der Waals surface area contributed by atoms with Crippen LogP contribution in [0.1, 0.15) is 30.0 Å². The second-order valence-corrected chi connectivity index (χ2v) is 13.3. The van der Waals surface area contributed by atoms with Crippen LogP contribution in [0.2, 0.25) is 5.02 Å². The maximum Gasteiger partial charge on any atom is 0.264 e. The minimum Gasteiger partial charge on any atom is -0.497 e. The molecular weight excluding hydrogens is 638 g/mol. The summed E-state index contributed by atoms with van der Waals surface area (Å²) in [6, 6.07) is 26.5. The van der Waals surface area contributed by atoms with Gasteiger partial charge in [-0.05, 0) is 60.9 Å². The molecule has 1 N–H and O–H groups in total. The van der Waals surface area contributed by atoms with Gasteiger partial charge in [-0.1, -0.05) is 78.7 Å². The van der Waals surface area contributed by atoms with E-state index in [9.17, 15) is 18.0 Å². The van der Waals surface area contributed by atoms with E-state index in [-0.39, 0.29) is 35.2 Å². The molecule has 248 valence electrons. The van der Waals surface area contributed by atoms with Gasteiger partial charge < -0.3 is 19.7 Å². The first-order chi connectivity index (χ1) is 22.6. The summed E-state index contributed by atoms with van der Waals surface area (Å²) in [4.78, 5) is 29.9. The van der Waals surface area contributed by atoms with E-state index in [0.29, 0.717) is 29.3 Å². The molecule has 0 saturated carbocycles. The van der Waals surface area contributed by atoms with E-state index in [2.05, 4.69) is 5.32 Å². The van der Waals surface area contributed by atoms with E-state index in [1.807, 2.05) is 50.2 Å². The number of sulfonamides is 1. The molecule has 4 aromatic carbocycles. The molecule has 0 fully saturated rings. The minimum atomic E-state index is -4.33. The van der Waals surface area contributed by atoms with Gasteiger partial charge in [0.1, 0.15) is 24.1 Å². The highest BCUT2D eigenvalue weighted by molar-refractivity contribution is 7.92. The largest absolute Gasteiger partial charge is 0.497 e. The number of nitrogens with zero attached hydrogens (tertiary/aromatic N) is 2. The maximum absolute atomic E-state index is 14.6. The highest BCUT2D eigenvalue weighted by atomic mass is 35.5. The number of hydrogen-bond donors (Lipinski definition) is 1. The van der Waals surface area contributed by atoms with Crippen molar-refractivity contribution in [2.24, 2.45) is 0 Å². The smallest absolute Gasteiger partial charge is 0.264 e. The molecule has 0 radical (unpaired) electrons. The molecule has 0 saturated heterocycles. The normalized spacial score (nSPS) is 11.8. The number of methoxy groups -OCH3 is 2. The summed E-state index contributed by atoms with van der Waals surface area (Å²) in [6.45, 7) is 3.58. The first kappa shape index (κ1) is 35.3. The Morgan fingerprint density at radius 1 is 0.872 bits per heavy atom. The van der Waals surface area contributed by atoms with Gasteiger partial charge in [0.05, 0.1) is 24.8 Å². The van der Waals surface area contributed by atoms with Gasteiger partial charge in [-0.2, -0.15) is 0 Å². The lowest BCUT2D eigenvalue weighted by Crippen LogP contribution is -2.53. The summed E-state index contributed by atoms with van der Waals surface area (Å²) in [5.74, 6) is -0.359. The Labute approximate surface area is 282 Å². The second-order valence-electron chi connectivity index (χ2n) is 11.0. The predicted molar refractivity (Wildman–Crippen MR) is 184 cm³/mol. The molecular formula is C36H40ClN3O6S. The Bertz CT molecular complexity index is 1770. The van der Waals surface area contributed by atoms with E-state index >= 15 is 0 Å². The molecule has 0 aromatic heterocycles. The van der Waals surface area contributed by atoms with Crippen LogP contribution in [0.5, 0.6) is 11.5 Å². The fraction of sp³-hybridized carbons (Fsp3) is 0.278. The van der Waals surface area contributed by atoms with Gasteiger partial charge in [0.25, 0.3) is 10.0 Å². The zero-order valence-electron chi connectivity index (χ0n) is 27.0. The fourth-order valence-corrected chi connectivity index (χ4v) is 6.72. The number of carbonyl (C=O) groups excluding carboxylic acids is 2. The van der Waals surface area contributed by atoms with Crippen molar-refractivity contribution in [2.75, 3.05) is 31.6 Å². The molecule has 0 unspecified atom stereocenters. The number of hydrogen-bond acceptors (Lipinski definition) is 6. The summed E-state index contributed by atoms with van der Waals surface area (Å²) >= 11 is 6.32. The third-order valence-corrected chi connectivity index (χ3v) is 9.61. The van der Waals surface area contributed by atoms with Gasteiger partial charge in [0, 0.05) is 30.6 Å². The average Bonchev–Trinajstić information content (AvgIpc) is 3.07. The molecule has 0 aliphatic heterocycles. The molecule has 0 aliphatic carbocycles. The lowest BCUT2D eigenvalue weighted by atomic mass is 10.0. The summed E-state index contributed by atoms with van der Waals surface area (Å²) in [7, 11) is -1.44. The van der Waals surface area contributed by atoms with Crippen LogP contribution < -0.4 is 19.1 Å². The van der Waals surface area contributed by atoms with Crippen LogP contribution in [0, 0.1) is 6.92 Å². The van der Waals surface area contributed by atoms with Crippen molar-refractivity contribution in [3.05, 3.63) is 119 Å². The topological polar surface area (TPSA) is 105 Å². The first-order valence-corrected chi connectivity index (χ1v) is 17.1. The number of benzene rings is 4. The molecule has 4 aromatic rings. The number of amides is 2. The number of rotatable bonds is 15. The first-order valence-electron chi connectivity index (χ1n) is 15.2. The highest BCUT2D eigenvalue weighted by Crippen LogP contribution is 2.36. The van der Waals surface area contributed by atoms with Crippen LogP contribution in [0.25, 0.3) is 0 Å². The van der Waals surface area contributed by atoms with Crippen molar-refractivity contribution in [3.8, 4) is 11.5 Å². The van der Waals surface area contributed by atoms with Crippen LogP contribution >= 0.6 is 11.6 Å². The van der Waals surface area contributed by atoms with Crippen molar-refractivity contribution >= 4 is 39.1 Å². The van der Waals surface area contributed by atoms with Crippen LogP contribution in [0.4, 0.5) is 5.69 Å². The van der Waals surface area contributed by atoms with E-state index in [4.69, 9.17) is 21.1 Å². The summed E-state index contributed by atoms with van der Waals surface area (Å²) < 4.78 is 40.7. The number of anilines is 1. The van der Waals surface area contributed by atoms with Gasteiger partial charge in [-0.15, -0.1) is 0 Å². The summed E-state index contributed by atoms with van der Waals surface area (Å²) in [5, 5.41) is 3.40. The lowest BCUT2D eigenvalue weighted by Gasteiger charge is -2.34. The third kappa shape index (κ3) is 9.05. The van der Waals surface area contributed by atoms with Crippen molar-refractivity contribution in [1.82, 2.24) is 10.2 Å². The van der Waals surface area contributed by atoms with Gasteiger partial charge in [0.2, 0.25) is 11.8 Å². The van der Waals surface area contributed by atoms with Crippen LogP contribution in [0.3, 0.4) is 0 Å². The molecule has 0 aliphatic rings. The Morgan fingerprint density at radius 3 is 2.21 bits per heavy atom. The number of halogens is 1. The third-order valence-electron chi connectivity index (χ3n) is 7.60. The van der Waals surface area contributed by atoms with Gasteiger partial charge >= 0.3 is 0 Å². The van der Waals surface area contributed by atoms with Crippen LogP contribution in [0.15, 0.2) is 102 Å². The molecule has 0 spiro atoms. The molecule has 0 heterocycles. The van der Waals surface area contributed by atoms with Gasteiger partial charge in [0.15, 0.2) is 0 Å². The fourth-order valence-electron chi connectivity index (χ4n) is 5.09. The summed E-state index contributed by atoms with van der Waals surface area (Å²) in [5.41, 5.74) is 2.50. The summed E-state index contributed by atoms with van der Waals surface area (Å²) in [6.07, 6.45) is 0.903. The molecule has 0 bridgehead atoms. The average molecular weight is 678 g/mol. The molecule has 11 heteroatoms. The molecule has 2 amide bonds. The minimum absolute atomic E-state index is 0.00407. The maximum atomic E-state index is 14.6. The van der Waals surface area contributed by atoms with E-state index in [1.165, 1.54) is 37.3 Å². The van der Waals surface area contributed by atoms with Crippen LogP contribution in [-0.2, 0) is 32.6 Å². The van der Waals surface area contributed by atoms with Crippen molar-refractivity contribution in [1.29, 1.82) is 0 Å². The zero-order chi connectivity index (χ0) is 34.0. The van der Waals surface area contributed by atoms with Crippen LogP contribution in [-0.4, -0.2) is 58.5 Å². The Hall–Kier alpha value is -4.54. The second kappa shape index (κ2) is 16.3. The van der Waals surface area contributed by atoms with Crippen molar-refractivity contribution < 1.29 is 27.5 Å². The molecule has 1 atom stereocenters. The SMILES string of the molecule is CCCNC(=O)[C@@H](Cc1ccccc1)N(Cc1cccc(Cl)c1)C(=O)CN(c1cc(OC)ccc1OC)S(=O)(=O)c1ccc(C)cc1. The molecule has 9 nitrogen and oxygen atoms in total. The lowest BCUT2D eigenvalue weighted by molar-refractivity contribution is -0.140. The van der Waals surface area contributed by atoms with Gasteiger partial charge in [-0.25, -0.2) is 8.42 Å².